The molecule has 14 heteroatoms. The molecule has 1 saturated heterocycles. The average Bonchev–Trinajstić information content (AvgIpc) is 3.51. The number of carbonyl (C=O) groups is 1. The highest BCUT2D eigenvalue weighted by Gasteiger charge is 2.30. The van der Waals surface area contributed by atoms with Crippen molar-refractivity contribution in [2.24, 2.45) is 5.41 Å². The van der Waals surface area contributed by atoms with E-state index in [2.05, 4.69) is 32.7 Å². The number of amides is 2. The van der Waals surface area contributed by atoms with Crippen molar-refractivity contribution < 1.29 is 27.4 Å². The molecule has 1 aliphatic heterocycles. The van der Waals surface area contributed by atoms with Crippen LogP contribution in [0.2, 0.25) is 0 Å². The maximum Gasteiger partial charge on any atom is 0.323 e. The molecule has 2 amide bonds. The van der Waals surface area contributed by atoms with Crippen LogP contribution in [0, 0.1) is 10.8 Å². The number of nitrogens with two attached hydrogens (primary N) is 1. The number of nitrogens with one attached hydrogen (secondary N) is 3. The van der Waals surface area contributed by atoms with Crippen LogP contribution in [0.3, 0.4) is 0 Å². The van der Waals surface area contributed by atoms with Gasteiger partial charge in [-0.1, -0.05) is 57.2 Å². The van der Waals surface area contributed by atoms with Gasteiger partial charge >= 0.3 is 6.03 Å². The molecule has 5 N–H and O–H groups in total. The van der Waals surface area contributed by atoms with E-state index in [-0.39, 0.29) is 18.8 Å². The summed E-state index contributed by atoms with van der Waals surface area (Å²) in [5.74, 6) is 1.98. The van der Waals surface area contributed by atoms with Gasteiger partial charge in [0.25, 0.3) is 10.1 Å². The third kappa shape index (κ3) is 9.16. The number of rotatable bonds is 11. The van der Waals surface area contributed by atoms with Crippen LogP contribution >= 0.6 is 0 Å². The number of anilines is 1. The lowest BCUT2D eigenvalue weighted by atomic mass is 9.85. The first kappa shape index (κ1) is 37.0. The van der Waals surface area contributed by atoms with Gasteiger partial charge in [-0.25, -0.2) is 4.79 Å². The van der Waals surface area contributed by atoms with E-state index in [0.29, 0.717) is 41.7 Å². The summed E-state index contributed by atoms with van der Waals surface area (Å²) in [6.07, 6.45) is 9.24. The molecule has 0 spiro atoms. The summed E-state index contributed by atoms with van der Waals surface area (Å²) >= 11 is 0. The van der Waals surface area contributed by atoms with Gasteiger partial charge in [-0.2, -0.15) is 8.42 Å². The first-order valence-corrected chi connectivity index (χ1v) is 19.6. The van der Waals surface area contributed by atoms with Crippen molar-refractivity contribution in [2.75, 3.05) is 17.7 Å². The van der Waals surface area contributed by atoms with Crippen molar-refractivity contribution in [3.8, 4) is 5.75 Å². The number of nitrogens with zero attached hydrogens (tertiary/aromatic N) is 4. The van der Waals surface area contributed by atoms with Crippen molar-refractivity contribution >= 4 is 39.1 Å². The smallest absolute Gasteiger partial charge is 0.323 e. The number of carbonyl (C=O) groups excluding carboxylic acids is 1. The van der Waals surface area contributed by atoms with Crippen LogP contribution in [0.15, 0.2) is 78.8 Å². The second kappa shape index (κ2) is 15.4. The summed E-state index contributed by atoms with van der Waals surface area (Å²) in [6, 6.07) is 18.8. The Balaban J connectivity index is 1.16. The third-order valence-corrected chi connectivity index (χ3v) is 10.1. The minimum absolute atomic E-state index is 0.106. The number of hydrogen-bond acceptors (Lipinski definition) is 9. The Kier molecular flexibility index (Phi) is 11.0. The fourth-order valence-corrected chi connectivity index (χ4v) is 7.00. The summed E-state index contributed by atoms with van der Waals surface area (Å²) in [6.45, 7) is 8.88. The molecule has 52 heavy (non-hydrogen) atoms. The van der Waals surface area contributed by atoms with Crippen molar-refractivity contribution in [3.63, 3.8) is 0 Å². The number of hydrogen-bond donors (Lipinski definition) is 4. The molecule has 0 bridgehead atoms. The van der Waals surface area contributed by atoms with E-state index in [4.69, 9.17) is 14.3 Å². The predicted octanol–water partition coefficient (Wildman–Crippen LogP) is 5.64. The Bertz CT molecular complexity index is 2070. The SMILES string of the molecule is CC1CCCCN1c1nnc2ccc(OC3CCC(NC(=O)NC(=CC(=N)C(C)(C)C)[NH2+]c4cccc(COS(C)(=O)=O)c4)c4ccccc43)cn12. The molecule has 3 unspecified atom stereocenters. The van der Waals surface area contributed by atoms with E-state index < -0.39 is 21.6 Å². The Morgan fingerprint density at radius 2 is 1.83 bits per heavy atom. The topological polar surface area (TPSA) is 168 Å². The molecular formula is C38H49N8O5S+. The van der Waals surface area contributed by atoms with E-state index in [1.807, 2.05) is 73.8 Å². The molecule has 13 nitrogen and oxygen atoms in total. The number of urea groups is 1. The number of piperidine rings is 1. The number of allylic oxidation sites excluding steroid dienone is 1. The minimum atomic E-state index is -3.60. The number of fused-ring (bicyclic) bond motifs is 2. The van der Waals surface area contributed by atoms with Gasteiger partial charge in [0.1, 0.15) is 17.5 Å². The van der Waals surface area contributed by atoms with Crippen molar-refractivity contribution in [3.05, 3.63) is 95.4 Å². The molecule has 3 atom stereocenters. The Hall–Kier alpha value is -4.79. The molecule has 0 saturated carbocycles. The van der Waals surface area contributed by atoms with Gasteiger partial charge < -0.3 is 20.4 Å². The number of ether oxygens (including phenoxy) is 1. The van der Waals surface area contributed by atoms with Crippen LogP contribution in [0.1, 0.15) is 88.6 Å². The normalized spacial score (nSPS) is 19.6. The average molecular weight is 730 g/mol. The van der Waals surface area contributed by atoms with Crippen LogP contribution < -0.4 is 25.6 Å². The quantitative estimate of drug-likeness (QED) is 0.0874. The third-order valence-electron chi connectivity index (χ3n) is 9.52. The van der Waals surface area contributed by atoms with Crippen molar-refractivity contribution in [1.29, 1.82) is 5.41 Å². The summed E-state index contributed by atoms with van der Waals surface area (Å²) in [5, 5.41) is 25.4. The Labute approximate surface area is 305 Å². The van der Waals surface area contributed by atoms with Gasteiger partial charge in [0.2, 0.25) is 11.8 Å². The molecule has 1 aliphatic carbocycles. The number of quaternary nitrogens is 1. The van der Waals surface area contributed by atoms with Gasteiger partial charge in [0, 0.05) is 35.9 Å². The molecule has 2 aromatic heterocycles. The predicted molar refractivity (Wildman–Crippen MR) is 200 cm³/mol. The highest BCUT2D eigenvalue weighted by Crippen LogP contribution is 2.39. The molecule has 4 aromatic rings. The number of pyridine rings is 1. The zero-order valence-corrected chi connectivity index (χ0v) is 31.2. The van der Waals surface area contributed by atoms with Crippen LogP contribution in [0.25, 0.3) is 5.65 Å². The van der Waals surface area contributed by atoms with E-state index in [9.17, 15) is 13.2 Å². The van der Waals surface area contributed by atoms with Crippen LogP contribution in [-0.4, -0.2) is 53.6 Å². The zero-order valence-electron chi connectivity index (χ0n) is 30.4. The molecule has 1 fully saturated rings. The molecule has 2 aromatic carbocycles. The molecule has 6 rings (SSSR count). The minimum Gasteiger partial charge on any atom is -0.484 e. The first-order valence-electron chi connectivity index (χ1n) is 17.8. The molecule has 0 radical (unpaired) electrons. The van der Waals surface area contributed by atoms with Crippen LogP contribution in [0.5, 0.6) is 5.75 Å². The molecular weight excluding hydrogens is 681 g/mol. The fourth-order valence-electron chi connectivity index (χ4n) is 6.65. The second-order valence-corrected chi connectivity index (χ2v) is 16.4. The molecule has 276 valence electrons. The number of aromatic nitrogens is 3. The van der Waals surface area contributed by atoms with Gasteiger partial charge in [0.15, 0.2) is 5.65 Å². The van der Waals surface area contributed by atoms with Gasteiger partial charge in [-0.05, 0) is 73.9 Å². The summed E-state index contributed by atoms with van der Waals surface area (Å²) in [4.78, 5) is 15.9. The standard InChI is InChI=1S/C38H48N8O5S/c1-25-11-8-9-20-45(25)37-44-43-35-19-16-28(23-46(35)37)51-32-18-17-31(29-14-6-7-15-30(29)32)41-36(47)42-34(22-33(39)38(2,3)4)40-27-13-10-12-26(21-27)24-50-52(5,48)49/h6-7,10,12-16,19,21-23,25,31-32,39-40H,8-9,11,17-18,20,24H2,1-5H3,(H2,41,42,47)/p+1. The van der Waals surface area contributed by atoms with E-state index >= 15 is 0 Å². The zero-order chi connectivity index (χ0) is 37.0. The van der Waals surface area contributed by atoms with Crippen molar-refractivity contribution in [2.45, 2.75) is 84.6 Å². The first-order chi connectivity index (χ1) is 24.7. The Morgan fingerprint density at radius 3 is 2.58 bits per heavy atom. The summed E-state index contributed by atoms with van der Waals surface area (Å²) in [7, 11) is -3.60. The van der Waals surface area contributed by atoms with E-state index in [1.54, 1.807) is 29.6 Å². The lowest BCUT2D eigenvalue weighted by Crippen LogP contribution is -2.79. The van der Waals surface area contributed by atoms with Gasteiger partial charge in [0.05, 0.1) is 25.1 Å². The fraction of sp³-hybridized carbons (Fsp3) is 0.421. The van der Waals surface area contributed by atoms with E-state index in [0.717, 1.165) is 54.1 Å². The largest absolute Gasteiger partial charge is 0.484 e. The maximum atomic E-state index is 13.6. The monoisotopic (exact) mass is 729 g/mol. The van der Waals surface area contributed by atoms with Gasteiger partial charge in [-0.3, -0.25) is 19.2 Å². The summed E-state index contributed by atoms with van der Waals surface area (Å²) in [5.41, 5.74) is 4.02. The molecule has 2 aliphatic rings. The van der Waals surface area contributed by atoms with Crippen LogP contribution in [0.4, 0.5) is 16.4 Å². The second-order valence-electron chi connectivity index (χ2n) is 14.7. The van der Waals surface area contributed by atoms with Crippen molar-refractivity contribution in [1.82, 2.24) is 25.2 Å². The van der Waals surface area contributed by atoms with Gasteiger partial charge in [-0.15, -0.1) is 10.2 Å². The maximum absolute atomic E-state index is 13.6. The Morgan fingerprint density at radius 1 is 1.04 bits per heavy atom. The molecule has 3 heterocycles. The lowest BCUT2D eigenvalue weighted by Gasteiger charge is -2.33. The lowest BCUT2D eigenvalue weighted by molar-refractivity contribution is -0.522. The number of benzene rings is 2. The van der Waals surface area contributed by atoms with Crippen LogP contribution in [-0.2, 0) is 20.9 Å². The highest BCUT2D eigenvalue weighted by atomic mass is 32.2. The highest BCUT2D eigenvalue weighted by molar-refractivity contribution is 7.85. The summed E-state index contributed by atoms with van der Waals surface area (Å²) < 4.78 is 36.6. The van der Waals surface area contributed by atoms with E-state index in [1.165, 1.54) is 6.42 Å².